The number of fused-ring (bicyclic) bond motifs is 1. The summed E-state index contributed by atoms with van der Waals surface area (Å²) in [5.74, 6) is 0.549. The fraction of sp³-hybridized carbons (Fsp3) is 0.192. The van der Waals surface area contributed by atoms with Crippen LogP contribution in [0.15, 0.2) is 140 Å². The van der Waals surface area contributed by atoms with Crippen LogP contribution in [-0.4, -0.2) is 19.6 Å². The molecule has 0 aliphatic rings. The molecule has 0 bridgehead atoms. The third kappa shape index (κ3) is 7.76. The Morgan fingerprint density at radius 1 is 0.684 bits per heavy atom. The van der Waals surface area contributed by atoms with Gasteiger partial charge in [-0.05, 0) is 82.8 Å². The van der Waals surface area contributed by atoms with Gasteiger partial charge in [0.25, 0.3) is 0 Å². The number of phenols is 1. The molecule has 57 heavy (non-hydrogen) atoms. The van der Waals surface area contributed by atoms with E-state index in [4.69, 9.17) is 20.9 Å². The average Bonchev–Trinajstić information content (AvgIpc) is 3.64. The second-order valence-electron chi connectivity index (χ2n) is 16.4. The largest absolute Gasteiger partial charge is 0.507 e. The number of aryl methyl sites for hydroxylation is 2. The number of hydrogen-bond acceptors (Lipinski definition) is 3. The summed E-state index contributed by atoms with van der Waals surface area (Å²) in [7, 11) is 0. The third-order valence-corrected chi connectivity index (χ3v) is 10.3. The minimum atomic E-state index is -2.36. The maximum absolute atomic E-state index is 11.9. The molecule has 2 aromatic heterocycles. The van der Waals surface area contributed by atoms with Crippen molar-refractivity contribution in [3.8, 4) is 67.5 Å². The van der Waals surface area contributed by atoms with Gasteiger partial charge in [0.15, 0.2) is 0 Å². The van der Waals surface area contributed by atoms with E-state index in [0.29, 0.717) is 61.6 Å². The number of nitrogens with zero attached hydrogens (tertiary/aromatic N) is 3. The molecule has 8 rings (SSSR count). The van der Waals surface area contributed by atoms with Gasteiger partial charge in [-0.15, -0.1) is 29.3 Å². The van der Waals surface area contributed by atoms with Gasteiger partial charge >= 0.3 is 0 Å². The van der Waals surface area contributed by atoms with Crippen LogP contribution in [0.1, 0.15) is 74.8 Å². The normalized spacial score (nSPS) is 14.0. The van der Waals surface area contributed by atoms with Gasteiger partial charge in [-0.3, -0.25) is 9.55 Å². The van der Waals surface area contributed by atoms with Crippen LogP contribution in [-0.2, 0) is 31.9 Å². The second kappa shape index (κ2) is 15.4. The van der Waals surface area contributed by atoms with Crippen molar-refractivity contribution in [3.05, 3.63) is 168 Å². The molecule has 0 amide bonds. The quantitative estimate of drug-likeness (QED) is 0.169. The smallest absolute Gasteiger partial charge is 0.148 e. The van der Waals surface area contributed by atoms with E-state index < -0.39 is 25.0 Å². The summed E-state index contributed by atoms with van der Waals surface area (Å²) in [5.41, 5.74) is 9.36. The summed E-state index contributed by atoms with van der Waals surface area (Å²) in [6.45, 7) is 12.2. The van der Waals surface area contributed by atoms with E-state index in [1.54, 1.807) is 30.5 Å². The molecule has 0 fully saturated rings. The van der Waals surface area contributed by atoms with Crippen molar-refractivity contribution in [1.29, 1.82) is 0 Å². The van der Waals surface area contributed by atoms with Crippen molar-refractivity contribution in [2.45, 2.75) is 66.1 Å². The fourth-order valence-corrected chi connectivity index (χ4v) is 7.12. The molecule has 0 radical (unpaired) electrons. The SMILES string of the molecule is [2H]c1c([2H])c([2H])c(-c2ccnc(-c3[c-]c(-c4cccc5c4nc(-c4cc(C(C)(C)C)cc(C)c4O)n5-c4ccc(C([2H])([2H])[2H])cc4-c4ccccc4)cc(C(C)(C)C)c3)c2)c([2H])c1[2H].[Pt]. The summed E-state index contributed by atoms with van der Waals surface area (Å²) in [5, 5.41) is 11.9. The van der Waals surface area contributed by atoms with E-state index in [9.17, 15) is 5.11 Å². The van der Waals surface area contributed by atoms with Gasteiger partial charge in [0, 0.05) is 42.6 Å². The average molecular weight is 934 g/mol. The maximum Gasteiger partial charge on any atom is 0.148 e. The van der Waals surface area contributed by atoms with E-state index in [-0.39, 0.29) is 60.9 Å². The van der Waals surface area contributed by atoms with Crippen LogP contribution in [0.25, 0.3) is 72.7 Å². The monoisotopic (exact) mass is 933 g/mol. The van der Waals surface area contributed by atoms with Crippen LogP contribution in [0, 0.1) is 19.8 Å². The van der Waals surface area contributed by atoms with Gasteiger partial charge in [-0.2, -0.15) is 0 Å². The second-order valence-corrected chi connectivity index (χ2v) is 16.4. The van der Waals surface area contributed by atoms with E-state index >= 15 is 0 Å². The Hall–Kier alpha value is -5.57. The molecule has 0 atom stereocenters. The molecule has 0 aliphatic carbocycles. The van der Waals surface area contributed by atoms with Crippen LogP contribution in [0.3, 0.4) is 0 Å². The van der Waals surface area contributed by atoms with E-state index in [0.717, 1.165) is 22.3 Å². The first-order valence-corrected chi connectivity index (χ1v) is 18.7. The predicted octanol–water partition coefficient (Wildman–Crippen LogP) is 13.5. The molecule has 5 heteroatoms. The first kappa shape index (κ1) is 30.6. The summed E-state index contributed by atoms with van der Waals surface area (Å²) in [4.78, 5) is 10.1. The number of hydrogen-bond donors (Lipinski definition) is 1. The summed E-state index contributed by atoms with van der Waals surface area (Å²) in [6, 6.07) is 33.9. The number of phenolic OH excluding ortho intramolecular Hbond substituents is 1. The first-order chi connectivity index (χ1) is 30.0. The fourth-order valence-electron chi connectivity index (χ4n) is 7.12. The molecule has 0 aliphatic heterocycles. The first-order valence-electron chi connectivity index (χ1n) is 22.7. The zero-order chi connectivity index (χ0) is 46.2. The van der Waals surface area contributed by atoms with Crippen molar-refractivity contribution < 1.29 is 37.1 Å². The molecular weight excluding hydrogens is 878 g/mol. The van der Waals surface area contributed by atoms with Crippen LogP contribution < -0.4 is 0 Å². The molecule has 0 spiro atoms. The Kier molecular flexibility index (Phi) is 8.26. The molecule has 1 N–H and O–H groups in total. The van der Waals surface area contributed by atoms with Crippen LogP contribution in [0.5, 0.6) is 5.75 Å². The zero-order valence-corrected chi connectivity index (χ0v) is 35.3. The molecule has 8 aromatic rings. The maximum atomic E-state index is 11.9. The van der Waals surface area contributed by atoms with Gasteiger partial charge in [0.1, 0.15) is 11.6 Å². The van der Waals surface area contributed by atoms with Crippen molar-refractivity contribution in [1.82, 2.24) is 14.5 Å². The van der Waals surface area contributed by atoms with Crippen molar-refractivity contribution in [2.24, 2.45) is 0 Å². The Morgan fingerprint density at radius 3 is 2.12 bits per heavy atom. The molecule has 0 saturated carbocycles. The molecule has 2 heterocycles. The van der Waals surface area contributed by atoms with Gasteiger partial charge in [-0.25, -0.2) is 4.98 Å². The number of para-hydroxylation sites is 1. The Labute approximate surface area is 362 Å². The predicted molar refractivity (Wildman–Crippen MR) is 233 cm³/mol. The number of imidazole rings is 1. The van der Waals surface area contributed by atoms with Gasteiger partial charge in [0.05, 0.1) is 29.1 Å². The van der Waals surface area contributed by atoms with Gasteiger partial charge in [0.2, 0.25) is 0 Å². The Balaban J connectivity index is 0.00000630. The summed E-state index contributed by atoms with van der Waals surface area (Å²) in [6.07, 6.45) is 1.57. The Morgan fingerprint density at radius 2 is 1.40 bits per heavy atom. The molecule has 0 unspecified atom stereocenters. The molecule has 6 aromatic carbocycles. The number of benzene rings is 6. The molecule has 0 saturated heterocycles. The van der Waals surface area contributed by atoms with Gasteiger partial charge in [-0.1, -0.05) is 149 Å². The number of aromatic hydroxyl groups is 1. The molecular formula is C52H48N3OPt-. The minimum Gasteiger partial charge on any atom is -0.507 e. The number of aromatic nitrogens is 3. The van der Waals surface area contributed by atoms with E-state index in [1.165, 1.54) is 0 Å². The van der Waals surface area contributed by atoms with Crippen molar-refractivity contribution >= 4 is 11.0 Å². The minimum absolute atomic E-state index is 0. The van der Waals surface area contributed by atoms with Crippen LogP contribution in [0.4, 0.5) is 0 Å². The third-order valence-electron chi connectivity index (χ3n) is 10.3. The number of rotatable bonds is 6. The zero-order valence-electron chi connectivity index (χ0n) is 41.0. The van der Waals surface area contributed by atoms with Crippen LogP contribution >= 0.6 is 0 Å². The van der Waals surface area contributed by atoms with Crippen molar-refractivity contribution in [3.63, 3.8) is 0 Å². The summed E-state index contributed by atoms with van der Waals surface area (Å²) >= 11 is 0. The Bertz CT molecular complexity index is 3120. The van der Waals surface area contributed by atoms with E-state index in [2.05, 4.69) is 53.7 Å². The van der Waals surface area contributed by atoms with Crippen LogP contribution in [0.2, 0.25) is 0 Å². The van der Waals surface area contributed by atoms with Gasteiger partial charge < -0.3 is 5.11 Å². The molecule has 288 valence electrons. The molecule has 4 nitrogen and oxygen atoms in total. The topological polar surface area (TPSA) is 50.9 Å². The standard InChI is InChI=1S/C52H48N3O.Pt/c1-33-22-23-46(43(26-33)36-18-13-10-14-19-36)55-47-21-15-20-42(48(47)54-50(55)44-32-40(51(3,4)5)27-34(2)49(44)56)38-28-39(30-41(29-38)52(6,7)8)45-31-37(24-25-53-45)35-16-11-9-12-17-35;/h9-27,29-32,56H,1-8H3;/q-1;/i1D3,9D,11D,12D,16D,17D;. The van der Waals surface area contributed by atoms with E-state index in [1.807, 2.05) is 84.3 Å². The number of pyridine rings is 1. The van der Waals surface area contributed by atoms with Crippen molar-refractivity contribution in [2.75, 3.05) is 0 Å². The summed E-state index contributed by atoms with van der Waals surface area (Å²) < 4.78 is 68.9.